The lowest BCUT2D eigenvalue weighted by Gasteiger charge is -2.22. The maximum atomic E-state index is 14.6. The number of hydrogen-bond acceptors (Lipinski definition) is 8. The molecule has 0 radical (unpaired) electrons. The average Bonchev–Trinajstić information content (AvgIpc) is 2.88. The van der Waals surface area contributed by atoms with Crippen LogP contribution in [0.1, 0.15) is 27.0 Å². The van der Waals surface area contributed by atoms with Crippen LogP contribution < -0.4 is 16.1 Å². The zero-order chi connectivity index (χ0) is 24.4. The first-order valence-electron chi connectivity index (χ1n) is 9.69. The van der Waals surface area contributed by atoms with Crippen molar-refractivity contribution < 1.29 is 37.4 Å². The van der Waals surface area contributed by atoms with E-state index in [1.165, 1.54) is 32.0 Å². The summed E-state index contributed by atoms with van der Waals surface area (Å²) in [4.78, 5) is 38.7. The van der Waals surface area contributed by atoms with Crippen molar-refractivity contribution in [3.05, 3.63) is 22.7 Å². The summed E-state index contributed by atoms with van der Waals surface area (Å²) < 4.78 is 51.8. The molecule has 1 aromatic rings. The van der Waals surface area contributed by atoms with Gasteiger partial charge in [0.1, 0.15) is 11.9 Å². The number of rotatable bonds is 9. The molecule has 2 heterocycles. The van der Waals surface area contributed by atoms with E-state index in [1.54, 1.807) is 13.8 Å². The lowest BCUT2D eigenvalue weighted by atomic mass is 10.1. The minimum absolute atomic E-state index is 0.0520. The van der Waals surface area contributed by atoms with Crippen LogP contribution in [0.25, 0.3) is 0 Å². The number of carbonyl (C=O) groups is 1. The molecular formula is C17H28F2N5O7P. The van der Waals surface area contributed by atoms with E-state index in [1.807, 2.05) is 0 Å². The van der Waals surface area contributed by atoms with Gasteiger partial charge in [0.05, 0.1) is 12.6 Å². The molecule has 12 nitrogen and oxygen atoms in total. The van der Waals surface area contributed by atoms with Gasteiger partial charge < -0.3 is 25.0 Å². The third-order valence-electron chi connectivity index (χ3n) is 4.48. The topological polar surface area (TPSA) is 155 Å². The van der Waals surface area contributed by atoms with Crippen LogP contribution in [0.3, 0.4) is 0 Å². The van der Waals surface area contributed by atoms with Gasteiger partial charge in [0.25, 0.3) is 0 Å². The molecule has 0 aromatic carbocycles. The first-order valence-corrected chi connectivity index (χ1v) is 11.3. The molecule has 1 aliphatic heterocycles. The van der Waals surface area contributed by atoms with Crippen LogP contribution in [0.5, 0.6) is 0 Å². The second kappa shape index (κ2) is 9.89. The Morgan fingerprint density at radius 2 is 2.06 bits per heavy atom. The first-order chi connectivity index (χ1) is 14.7. The maximum Gasteiger partial charge on any atom is 0.403 e. The van der Waals surface area contributed by atoms with Gasteiger partial charge in [0.15, 0.2) is 6.10 Å². The summed E-state index contributed by atoms with van der Waals surface area (Å²) in [6, 6.07) is 0.141. The normalized spacial score (nSPS) is 25.4. The number of alkyl halides is 2. The first kappa shape index (κ1) is 26.3. The van der Waals surface area contributed by atoms with E-state index in [-0.39, 0.29) is 11.9 Å². The van der Waals surface area contributed by atoms with Gasteiger partial charge in [-0.2, -0.15) is 13.8 Å². The summed E-state index contributed by atoms with van der Waals surface area (Å²) in [7, 11) is -1.72. The standard InChI is InChI=1S/C17H28F2N5O7P/c1-9(2)20-12-6-7-24(16(27)21-12)15-17(18,19)13(25)11(31-15)8-30-32(28,29)22-10(3)14(26)23(4)5/h6-7,9-11,13,15,25H,8H2,1-5H3,(H,20,21,27)(H2,22,28,29)/t10-,11?,13+,15?/m0/s1. The zero-order valence-corrected chi connectivity index (χ0v) is 19.1. The van der Waals surface area contributed by atoms with Gasteiger partial charge >= 0.3 is 19.4 Å². The van der Waals surface area contributed by atoms with Crippen LogP contribution in [-0.2, 0) is 18.6 Å². The largest absolute Gasteiger partial charge is 0.403 e. The van der Waals surface area contributed by atoms with Gasteiger partial charge in [-0.1, -0.05) is 0 Å². The number of amides is 1. The van der Waals surface area contributed by atoms with Gasteiger partial charge in [0.2, 0.25) is 12.1 Å². The Morgan fingerprint density at radius 3 is 2.59 bits per heavy atom. The van der Waals surface area contributed by atoms with Crippen LogP contribution in [0.4, 0.5) is 14.6 Å². The third-order valence-corrected chi connectivity index (χ3v) is 5.69. The van der Waals surface area contributed by atoms with E-state index in [4.69, 9.17) is 9.26 Å². The van der Waals surface area contributed by atoms with Crippen molar-refractivity contribution in [3.63, 3.8) is 0 Å². The molecular weight excluding hydrogens is 455 g/mol. The van der Waals surface area contributed by atoms with Crippen molar-refractivity contribution in [2.45, 2.75) is 57.2 Å². The van der Waals surface area contributed by atoms with Gasteiger partial charge in [-0.3, -0.25) is 13.9 Å². The maximum absolute atomic E-state index is 14.6. The number of likely N-dealkylation sites (N-methyl/N-ethyl adjacent to an activating group) is 1. The summed E-state index contributed by atoms with van der Waals surface area (Å²) in [5, 5.41) is 14.9. The number of aliphatic hydroxyl groups excluding tert-OH is 1. The highest BCUT2D eigenvalue weighted by atomic mass is 31.2. The number of halogens is 2. The van der Waals surface area contributed by atoms with Crippen LogP contribution in [-0.4, -0.2) is 81.3 Å². The number of nitrogens with one attached hydrogen (secondary N) is 2. The fraction of sp³-hybridized carbons (Fsp3) is 0.706. The number of ether oxygens (including phenoxy) is 1. The molecule has 0 saturated carbocycles. The molecule has 1 amide bonds. The van der Waals surface area contributed by atoms with E-state index in [0.29, 0.717) is 4.57 Å². The predicted octanol–water partition coefficient (Wildman–Crippen LogP) is 0.141. The van der Waals surface area contributed by atoms with Crippen molar-refractivity contribution in [1.82, 2.24) is 19.5 Å². The average molecular weight is 483 g/mol. The molecule has 3 unspecified atom stereocenters. The van der Waals surface area contributed by atoms with Crippen molar-refractivity contribution in [3.8, 4) is 0 Å². The predicted molar refractivity (Wildman–Crippen MR) is 109 cm³/mol. The quantitative estimate of drug-likeness (QED) is 0.357. The molecule has 0 bridgehead atoms. The molecule has 2 rings (SSSR count). The molecule has 1 aromatic heterocycles. The van der Waals surface area contributed by atoms with E-state index in [2.05, 4.69) is 15.4 Å². The molecule has 182 valence electrons. The second-order valence-electron chi connectivity index (χ2n) is 7.85. The van der Waals surface area contributed by atoms with E-state index >= 15 is 0 Å². The van der Waals surface area contributed by atoms with Gasteiger partial charge in [-0.05, 0) is 26.8 Å². The van der Waals surface area contributed by atoms with Crippen molar-refractivity contribution in [2.75, 3.05) is 26.0 Å². The Morgan fingerprint density at radius 1 is 1.44 bits per heavy atom. The Bertz CT molecular complexity index is 929. The van der Waals surface area contributed by atoms with Gasteiger partial charge in [-0.15, -0.1) is 0 Å². The smallest absolute Gasteiger partial charge is 0.384 e. The van der Waals surface area contributed by atoms with Gasteiger partial charge in [-0.25, -0.2) is 14.4 Å². The van der Waals surface area contributed by atoms with E-state index in [0.717, 1.165) is 6.20 Å². The lowest BCUT2D eigenvalue weighted by molar-refractivity contribution is -0.140. The van der Waals surface area contributed by atoms with Gasteiger partial charge in [0, 0.05) is 26.3 Å². The summed E-state index contributed by atoms with van der Waals surface area (Å²) in [6.45, 7) is 4.01. The van der Waals surface area contributed by atoms with Crippen LogP contribution in [0.15, 0.2) is 17.1 Å². The highest BCUT2D eigenvalue weighted by Gasteiger charge is 2.60. The number of anilines is 1. The summed E-state index contributed by atoms with van der Waals surface area (Å²) in [6.07, 6.45) is -5.34. The minimum Gasteiger partial charge on any atom is -0.384 e. The third kappa shape index (κ3) is 6.09. The van der Waals surface area contributed by atoms with E-state index in [9.17, 15) is 32.9 Å². The summed E-state index contributed by atoms with van der Waals surface area (Å²) in [5.41, 5.74) is -1.04. The van der Waals surface area contributed by atoms with Crippen LogP contribution >= 0.6 is 7.75 Å². The van der Waals surface area contributed by atoms with Crippen molar-refractivity contribution in [1.29, 1.82) is 0 Å². The van der Waals surface area contributed by atoms with Crippen molar-refractivity contribution >= 4 is 19.5 Å². The number of aliphatic hydroxyl groups is 1. The molecule has 32 heavy (non-hydrogen) atoms. The molecule has 1 saturated heterocycles. The molecule has 0 spiro atoms. The van der Waals surface area contributed by atoms with Crippen LogP contribution in [0.2, 0.25) is 0 Å². The minimum atomic E-state index is -4.61. The highest BCUT2D eigenvalue weighted by molar-refractivity contribution is 7.50. The SMILES string of the molecule is CC(C)Nc1ccn(C2OC(COP(=O)(O)N[C@@H](C)C(=O)N(C)C)[C@@H](O)C2(F)F)c(=O)n1. The number of aromatic nitrogens is 2. The highest BCUT2D eigenvalue weighted by Crippen LogP contribution is 2.44. The molecule has 1 fully saturated rings. The fourth-order valence-corrected chi connectivity index (χ4v) is 4.00. The Hall–Kier alpha value is -1.96. The lowest BCUT2D eigenvalue weighted by Crippen LogP contribution is -2.42. The zero-order valence-electron chi connectivity index (χ0n) is 18.2. The number of nitrogens with zero attached hydrogens (tertiary/aromatic N) is 3. The molecule has 1 aliphatic rings. The second-order valence-corrected chi connectivity index (χ2v) is 9.40. The molecule has 5 atom stereocenters. The number of carbonyl (C=O) groups excluding carboxylic acids is 1. The fourth-order valence-electron chi connectivity index (χ4n) is 2.97. The molecule has 4 N–H and O–H groups in total. The monoisotopic (exact) mass is 483 g/mol. The van der Waals surface area contributed by atoms with Crippen molar-refractivity contribution in [2.24, 2.45) is 0 Å². The molecule has 15 heteroatoms. The van der Waals surface area contributed by atoms with Crippen LogP contribution in [0, 0.1) is 0 Å². The summed E-state index contributed by atoms with van der Waals surface area (Å²) in [5.74, 6) is -4.27. The Balaban J connectivity index is 2.11. The van der Waals surface area contributed by atoms with E-state index < -0.39 is 56.4 Å². The number of hydrogen-bond donors (Lipinski definition) is 4. The molecule has 0 aliphatic carbocycles. The summed E-state index contributed by atoms with van der Waals surface area (Å²) >= 11 is 0. The Labute approximate surface area is 183 Å². The Kier molecular flexibility index (Phi) is 8.13.